The van der Waals surface area contributed by atoms with Crippen LogP contribution in [0.15, 0.2) is 22.7 Å². The molecule has 0 bridgehead atoms. The second-order valence-corrected chi connectivity index (χ2v) is 5.13. The number of hydrogen-bond acceptors (Lipinski definition) is 4. The van der Waals surface area contributed by atoms with E-state index >= 15 is 0 Å². The van der Waals surface area contributed by atoms with Gasteiger partial charge in [0.05, 0.1) is 10.6 Å². The predicted octanol–water partition coefficient (Wildman–Crippen LogP) is 3.74. The highest BCUT2D eigenvalue weighted by Crippen LogP contribution is 2.15. The zero-order valence-corrected chi connectivity index (χ0v) is 11.2. The minimum Gasteiger partial charge on any atom is -0.481 e. The number of hydrogen-bond donors (Lipinski definition) is 2. The molecule has 0 saturated carbocycles. The Morgan fingerprint density at radius 3 is 2.39 bits per heavy atom. The minimum absolute atomic E-state index is 0.262. The van der Waals surface area contributed by atoms with E-state index in [1.165, 1.54) is 0 Å². The van der Waals surface area contributed by atoms with Gasteiger partial charge in [-0.15, -0.1) is 11.3 Å². The van der Waals surface area contributed by atoms with Crippen LogP contribution in [0.1, 0.15) is 49.8 Å². The van der Waals surface area contributed by atoms with Crippen molar-refractivity contribution >= 4 is 23.0 Å². The summed E-state index contributed by atoms with van der Waals surface area (Å²) in [5.74, 6) is -0.720. The summed E-state index contributed by atoms with van der Waals surface area (Å²) >= 11 is 1.57. The van der Waals surface area contributed by atoms with Gasteiger partial charge in [-0.2, -0.15) is 0 Å². The van der Waals surface area contributed by atoms with E-state index in [4.69, 9.17) is 10.3 Å². The number of oxime groups is 1. The molecule has 0 aromatic carbocycles. The lowest BCUT2D eigenvalue weighted by Gasteiger charge is -2.02. The molecule has 1 rings (SSSR count). The Balaban J connectivity index is 2.09. The number of aliphatic carboxylic acids is 1. The maximum atomic E-state index is 10.3. The van der Waals surface area contributed by atoms with Crippen LogP contribution in [0.4, 0.5) is 0 Å². The average molecular weight is 269 g/mol. The zero-order chi connectivity index (χ0) is 13.2. The maximum Gasteiger partial charge on any atom is 0.303 e. The van der Waals surface area contributed by atoms with Gasteiger partial charge in [0.25, 0.3) is 0 Å². The van der Waals surface area contributed by atoms with Crippen molar-refractivity contribution in [3.05, 3.63) is 22.4 Å². The van der Waals surface area contributed by atoms with Gasteiger partial charge in [0.15, 0.2) is 0 Å². The van der Waals surface area contributed by atoms with Gasteiger partial charge in [-0.1, -0.05) is 30.5 Å². The molecule has 1 aromatic heterocycles. The van der Waals surface area contributed by atoms with Crippen molar-refractivity contribution in [2.45, 2.75) is 44.9 Å². The summed E-state index contributed by atoms with van der Waals surface area (Å²) in [6.07, 6.45) is 5.80. The normalized spacial score (nSPS) is 11.7. The molecule has 4 nitrogen and oxygen atoms in total. The van der Waals surface area contributed by atoms with Gasteiger partial charge in [-0.25, -0.2) is 0 Å². The fraction of sp³-hybridized carbons (Fsp3) is 0.538. The van der Waals surface area contributed by atoms with Crippen molar-refractivity contribution in [1.29, 1.82) is 0 Å². The summed E-state index contributed by atoms with van der Waals surface area (Å²) < 4.78 is 0. The standard InChI is InChI=1S/C13H19NO3S/c15-13(16)9-5-3-1-2-4-7-11(14-17)12-8-6-10-18-12/h6,8,10,17H,1-5,7,9H2,(H,15,16)/b14-11+. The number of carboxylic acid groups (broad SMARTS) is 1. The van der Waals surface area contributed by atoms with Crippen LogP contribution in [-0.4, -0.2) is 22.0 Å². The van der Waals surface area contributed by atoms with Crippen molar-refractivity contribution in [2.75, 3.05) is 0 Å². The van der Waals surface area contributed by atoms with Crippen LogP contribution in [0.5, 0.6) is 0 Å². The quantitative estimate of drug-likeness (QED) is 0.310. The van der Waals surface area contributed by atoms with Gasteiger partial charge in [0.1, 0.15) is 0 Å². The number of carbonyl (C=O) groups is 1. The first kappa shape index (κ1) is 14.7. The Morgan fingerprint density at radius 2 is 1.83 bits per heavy atom. The Kier molecular flexibility index (Phi) is 7.10. The molecule has 0 radical (unpaired) electrons. The molecule has 100 valence electrons. The van der Waals surface area contributed by atoms with Crippen LogP contribution in [0.3, 0.4) is 0 Å². The lowest BCUT2D eigenvalue weighted by molar-refractivity contribution is -0.137. The molecule has 0 fully saturated rings. The molecule has 18 heavy (non-hydrogen) atoms. The second kappa shape index (κ2) is 8.69. The summed E-state index contributed by atoms with van der Waals surface area (Å²) in [6.45, 7) is 0. The Labute approximate surface area is 111 Å². The maximum absolute atomic E-state index is 10.3. The molecule has 0 amide bonds. The van der Waals surface area contributed by atoms with Crippen molar-refractivity contribution in [3.63, 3.8) is 0 Å². The van der Waals surface area contributed by atoms with E-state index in [1.807, 2.05) is 17.5 Å². The van der Waals surface area contributed by atoms with Crippen LogP contribution in [0.25, 0.3) is 0 Å². The van der Waals surface area contributed by atoms with Crippen molar-refractivity contribution in [2.24, 2.45) is 5.16 Å². The van der Waals surface area contributed by atoms with Gasteiger partial charge in [-0.05, 0) is 30.7 Å². The SMILES string of the molecule is O=C(O)CCCCCCC/C(=N\O)c1cccs1. The molecule has 0 atom stereocenters. The van der Waals surface area contributed by atoms with Crippen molar-refractivity contribution < 1.29 is 15.1 Å². The lowest BCUT2D eigenvalue weighted by Crippen LogP contribution is -1.98. The molecule has 0 aliphatic heterocycles. The molecular weight excluding hydrogens is 250 g/mol. The fourth-order valence-electron chi connectivity index (χ4n) is 1.76. The molecule has 0 aliphatic rings. The van der Waals surface area contributed by atoms with Gasteiger partial charge in [0.2, 0.25) is 0 Å². The van der Waals surface area contributed by atoms with Crippen LogP contribution < -0.4 is 0 Å². The molecule has 0 saturated heterocycles. The van der Waals surface area contributed by atoms with E-state index < -0.39 is 5.97 Å². The van der Waals surface area contributed by atoms with Gasteiger partial charge in [-0.3, -0.25) is 4.79 Å². The average Bonchev–Trinajstić information content (AvgIpc) is 2.86. The third kappa shape index (κ3) is 5.82. The number of unbranched alkanes of at least 4 members (excludes halogenated alkanes) is 4. The first-order chi connectivity index (χ1) is 8.74. The summed E-state index contributed by atoms with van der Waals surface area (Å²) in [5.41, 5.74) is 0.746. The highest BCUT2D eigenvalue weighted by atomic mass is 32.1. The lowest BCUT2D eigenvalue weighted by atomic mass is 10.1. The number of nitrogens with zero attached hydrogens (tertiary/aromatic N) is 1. The molecule has 0 spiro atoms. The predicted molar refractivity (Wildman–Crippen MR) is 72.6 cm³/mol. The van der Waals surface area contributed by atoms with Gasteiger partial charge < -0.3 is 10.3 Å². The monoisotopic (exact) mass is 269 g/mol. The third-order valence-corrected chi connectivity index (χ3v) is 3.65. The summed E-state index contributed by atoms with van der Waals surface area (Å²) in [4.78, 5) is 11.3. The molecule has 5 heteroatoms. The van der Waals surface area contributed by atoms with Crippen LogP contribution in [0, 0.1) is 0 Å². The van der Waals surface area contributed by atoms with E-state index in [-0.39, 0.29) is 6.42 Å². The van der Waals surface area contributed by atoms with Crippen molar-refractivity contribution in [1.82, 2.24) is 0 Å². The number of rotatable bonds is 9. The summed E-state index contributed by atoms with van der Waals surface area (Å²) in [6, 6.07) is 3.89. The molecular formula is C13H19NO3S. The van der Waals surface area contributed by atoms with Crippen LogP contribution in [-0.2, 0) is 4.79 Å². The largest absolute Gasteiger partial charge is 0.481 e. The van der Waals surface area contributed by atoms with Crippen LogP contribution >= 0.6 is 11.3 Å². The van der Waals surface area contributed by atoms with Crippen molar-refractivity contribution in [3.8, 4) is 0 Å². The van der Waals surface area contributed by atoms with E-state index in [2.05, 4.69) is 5.16 Å². The number of thiophene rings is 1. The van der Waals surface area contributed by atoms with E-state index in [0.29, 0.717) is 0 Å². The molecule has 0 aliphatic carbocycles. The first-order valence-corrected chi connectivity index (χ1v) is 7.08. The fourth-order valence-corrected chi connectivity index (χ4v) is 2.50. The Morgan fingerprint density at radius 1 is 1.17 bits per heavy atom. The smallest absolute Gasteiger partial charge is 0.303 e. The van der Waals surface area contributed by atoms with Crippen LogP contribution in [0.2, 0.25) is 0 Å². The second-order valence-electron chi connectivity index (χ2n) is 4.19. The van der Waals surface area contributed by atoms with Gasteiger partial charge in [0, 0.05) is 6.42 Å². The highest BCUT2D eigenvalue weighted by Gasteiger charge is 2.05. The number of carboxylic acids is 1. The Bertz CT molecular complexity index is 374. The summed E-state index contributed by atoms with van der Waals surface area (Å²) in [7, 11) is 0. The highest BCUT2D eigenvalue weighted by molar-refractivity contribution is 7.12. The molecule has 2 N–H and O–H groups in total. The third-order valence-electron chi connectivity index (χ3n) is 2.73. The first-order valence-electron chi connectivity index (χ1n) is 6.20. The van der Waals surface area contributed by atoms with Gasteiger partial charge >= 0.3 is 5.97 Å². The molecule has 0 unspecified atom stereocenters. The summed E-state index contributed by atoms with van der Waals surface area (Å²) in [5, 5.41) is 22.7. The molecule has 1 heterocycles. The Hall–Kier alpha value is -1.36. The van der Waals surface area contributed by atoms with E-state index in [9.17, 15) is 4.79 Å². The minimum atomic E-state index is -0.720. The zero-order valence-electron chi connectivity index (χ0n) is 10.3. The van der Waals surface area contributed by atoms with E-state index in [1.54, 1.807) is 11.3 Å². The van der Waals surface area contributed by atoms with E-state index in [0.717, 1.165) is 49.1 Å². The molecule has 1 aromatic rings. The topological polar surface area (TPSA) is 69.9 Å².